The van der Waals surface area contributed by atoms with E-state index in [0.717, 1.165) is 6.54 Å². The van der Waals surface area contributed by atoms with Gasteiger partial charge in [-0.15, -0.1) is 0 Å². The second-order valence-corrected chi connectivity index (χ2v) is 5.06. The highest BCUT2D eigenvalue weighted by Gasteiger charge is 2.42. The fourth-order valence-electron chi connectivity index (χ4n) is 2.17. The highest BCUT2D eigenvalue weighted by molar-refractivity contribution is 5.87. The molecule has 0 saturated heterocycles. The van der Waals surface area contributed by atoms with Crippen molar-refractivity contribution in [2.45, 2.75) is 24.6 Å². The molecule has 1 heterocycles. The van der Waals surface area contributed by atoms with E-state index in [0.29, 0.717) is 6.42 Å². The van der Waals surface area contributed by atoms with E-state index in [1.54, 1.807) is 23.1 Å². The van der Waals surface area contributed by atoms with Crippen molar-refractivity contribution in [3.63, 3.8) is 0 Å². The highest BCUT2D eigenvalue weighted by Crippen LogP contribution is 2.32. The van der Waals surface area contributed by atoms with E-state index in [1.165, 1.54) is 6.08 Å². The lowest BCUT2D eigenvalue weighted by Crippen LogP contribution is -2.55. The highest BCUT2D eigenvalue weighted by atomic mass is 16.3. The van der Waals surface area contributed by atoms with Crippen LogP contribution in [-0.4, -0.2) is 58.5 Å². The molecule has 0 aromatic carbocycles. The zero-order chi connectivity index (χ0) is 13.8. The molecule has 2 rings (SSSR count). The van der Waals surface area contributed by atoms with Crippen LogP contribution in [0.15, 0.2) is 30.6 Å². The van der Waals surface area contributed by atoms with Gasteiger partial charge in [0.25, 0.3) is 0 Å². The molecular weight excluding hydrogens is 244 g/mol. The predicted molar refractivity (Wildman–Crippen MR) is 71.5 cm³/mol. The van der Waals surface area contributed by atoms with Gasteiger partial charge in [0.15, 0.2) is 0 Å². The molecule has 0 aliphatic heterocycles. The molecule has 1 amide bonds. The molecule has 1 aliphatic rings. The summed E-state index contributed by atoms with van der Waals surface area (Å²) in [7, 11) is 3.89. The van der Waals surface area contributed by atoms with Crippen LogP contribution in [0.2, 0.25) is 0 Å². The van der Waals surface area contributed by atoms with Crippen LogP contribution in [0.5, 0.6) is 0 Å². The minimum atomic E-state index is -0.448. The van der Waals surface area contributed by atoms with E-state index >= 15 is 0 Å². The Hall–Kier alpha value is -1.66. The molecule has 2 N–H and O–H groups in total. The van der Waals surface area contributed by atoms with Crippen molar-refractivity contribution in [2.24, 2.45) is 0 Å². The summed E-state index contributed by atoms with van der Waals surface area (Å²) >= 11 is 0. The van der Waals surface area contributed by atoms with Gasteiger partial charge in [-0.05, 0) is 26.6 Å². The zero-order valence-corrected chi connectivity index (χ0v) is 11.2. The molecule has 0 spiro atoms. The van der Waals surface area contributed by atoms with Gasteiger partial charge in [-0.2, -0.15) is 5.10 Å². The number of aliphatic hydroxyl groups excluding tert-OH is 1. The van der Waals surface area contributed by atoms with Gasteiger partial charge in [0.2, 0.25) is 5.91 Å². The Balaban J connectivity index is 1.86. The van der Waals surface area contributed by atoms with Crippen LogP contribution in [0.3, 0.4) is 0 Å². The summed E-state index contributed by atoms with van der Waals surface area (Å²) in [6.45, 7) is 0.725. The van der Waals surface area contributed by atoms with Crippen molar-refractivity contribution < 1.29 is 9.90 Å². The Morgan fingerprint density at radius 3 is 3.00 bits per heavy atom. The summed E-state index contributed by atoms with van der Waals surface area (Å²) in [5.74, 6) is -0.129. The molecule has 19 heavy (non-hydrogen) atoms. The quantitative estimate of drug-likeness (QED) is 0.722. The van der Waals surface area contributed by atoms with Crippen molar-refractivity contribution >= 4 is 5.91 Å². The molecule has 0 bridgehead atoms. The topological polar surface area (TPSA) is 70.4 Å². The summed E-state index contributed by atoms with van der Waals surface area (Å²) < 4.78 is 1.70. The van der Waals surface area contributed by atoms with Crippen LogP contribution >= 0.6 is 0 Å². The first-order chi connectivity index (χ1) is 9.08. The number of likely N-dealkylation sites (N-methyl/N-ethyl adjacent to an activating group) is 1. The molecule has 3 unspecified atom stereocenters. The van der Waals surface area contributed by atoms with Crippen molar-refractivity contribution in [3.05, 3.63) is 30.6 Å². The van der Waals surface area contributed by atoms with Crippen molar-refractivity contribution in [1.82, 2.24) is 20.0 Å². The number of hydrogen-bond acceptors (Lipinski definition) is 4. The summed E-state index contributed by atoms with van der Waals surface area (Å²) in [5, 5.41) is 16.8. The number of carbonyl (C=O) groups is 1. The Labute approximate surface area is 112 Å². The molecule has 1 aromatic rings. The molecule has 104 valence electrons. The molecule has 1 aromatic heterocycles. The average Bonchev–Trinajstić information content (AvgIpc) is 2.80. The third-order valence-corrected chi connectivity index (χ3v) is 3.20. The number of rotatable bonds is 5. The lowest BCUT2D eigenvalue weighted by Gasteiger charge is -2.41. The third-order valence-electron chi connectivity index (χ3n) is 3.20. The van der Waals surface area contributed by atoms with Gasteiger partial charge in [0.05, 0.1) is 18.2 Å². The second kappa shape index (κ2) is 5.99. The van der Waals surface area contributed by atoms with Crippen LogP contribution < -0.4 is 5.32 Å². The summed E-state index contributed by atoms with van der Waals surface area (Å²) in [5.41, 5.74) is 0. The summed E-state index contributed by atoms with van der Waals surface area (Å²) in [4.78, 5) is 13.7. The average molecular weight is 264 g/mol. The van der Waals surface area contributed by atoms with Crippen LogP contribution in [0.4, 0.5) is 0 Å². The van der Waals surface area contributed by atoms with Gasteiger partial charge in [0, 0.05) is 25.0 Å². The maximum Gasteiger partial charge on any atom is 0.243 e. The molecule has 0 radical (unpaired) electrons. The smallest absolute Gasteiger partial charge is 0.243 e. The molecule has 3 atom stereocenters. The normalized spacial score (nSPS) is 26.6. The molecule has 1 fully saturated rings. The SMILES string of the molecule is CN(C)C/C=C/C(=O)NC1CC(O)C1n1cccn1. The van der Waals surface area contributed by atoms with Crippen molar-refractivity contribution in [3.8, 4) is 0 Å². The number of hydrogen-bond donors (Lipinski definition) is 2. The Bertz CT molecular complexity index is 442. The lowest BCUT2D eigenvalue weighted by molar-refractivity contribution is -0.120. The number of nitrogens with one attached hydrogen (secondary N) is 1. The Kier molecular flexibility index (Phi) is 4.34. The van der Waals surface area contributed by atoms with Gasteiger partial charge in [0.1, 0.15) is 0 Å². The van der Waals surface area contributed by atoms with E-state index in [2.05, 4.69) is 10.4 Å². The fourth-order valence-corrected chi connectivity index (χ4v) is 2.17. The van der Waals surface area contributed by atoms with E-state index in [-0.39, 0.29) is 18.0 Å². The van der Waals surface area contributed by atoms with Gasteiger partial charge < -0.3 is 15.3 Å². The minimum Gasteiger partial charge on any atom is -0.391 e. The van der Waals surface area contributed by atoms with Gasteiger partial charge in [-0.1, -0.05) is 6.08 Å². The Morgan fingerprint density at radius 1 is 1.63 bits per heavy atom. The predicted octanol–water partition coefficient (Wildman–Crippen LogP) is -0.209. The van der Waals surface area contributed by atoms with Crippen molar-refractivity contribution in [1.29, 1.82) is 0 Å². The zero-order valence-electron chi connectivity index (χ0n) is 11.2. The Morgan fingerprint density at radius 2 is 2.42 bits per heavy atom. The van der Waals surface area contributed by atoms with Crippen LogP contribution in [0.25, 0.3) is 0 Å². The van der Waals surface area contributed by atoms with Crippen LogP contribution in [0, 0.1) is 0 Å². The summed E-state index contributed by atoms with van der Waals surface area (Å²) in [6.07, 6.45) is 6.93. The maximum atomic E-state index is 11.7. The number of amides is 1. The number of nitrogens with zero attached hydrogens (tertiary/aromatic N) is 3. The second-order valence-electron chi connectivity index (χ2n) is 5.06. The first kappa shape index (κ1) is 13.8. The van der Waals surface area contributed by atoms with Crippen LogP contribution in [0.1, 0.15) is 12.5 Å². The largest absolute Gasteiger partial charge is 0.391 e. The maximum absolute atomic E-state index is 11.7. The lowest BCUT2D eigenvalue weighted by atomic mass is 9.83. The van der Waals surface area contributed by atoms with Crippen LogP contribution in [-0.2, 0) is 4.79 Å². The standard InChI is InChI=1S/C13H20N4O2/c1-16(2)7-3-5-12(19)15-10-9-11(18)13(10)17-8-4-6-14-17/h3-6,8,10-11,13,18H,7,9H2,1-2H3,(H,15,19)/b5-3+. The van der Waals surface area contributed by atoms with Crippen molar-refractivity contribution in [2.75, 3.05) is 20.6 Å². The first-order valence-electron chi connectivity index (χ1n) is 6.37. The van der Waals surface area contributed by atoms with Gasteiger partial charge in [-0.25, -0.2) is 0 Å². The molecule has 6 nitrogen and oxygen atoms in total. The van der Waals surface area contributed by atoms with E-state index in [9.17, 15) is 9.90 Å². The van der Waals surface area contributed by atoms with Gasteiger partial charge in [-0.3, -0.25) is 9.48 Å². The fraction of sp³-hybridized carbons (Fsp3) is 0.538. The van der Waals surface area contributed by atoms with E-state index in [1.807, 2.05) is 25.1 Å². The monoisotopic (exact) mass is 264 g/mol. The van der Waals surface area contributed by atoms with E-state index in [4.69, 9.17) is 0 Å². The molecule has 1 saturated carbocycles. The van der Waals surface area contributed by atoms with Gasteiger partial charge >= 0.3 is 0 Å². The van der Waals surface area contributed by atoms with E-state index < -0.39 is 6.10 Å². The first-order valence-corrected chi connectivity index (χ1v) is 6.37. The number of aromatic nitrogens is 2. The third kappa shape index (κ3) is 3.42. The minimum absolute atomic E-state index is 0.0635. The molecular formula is C13H20N4O2. The molecule has 6 heteroatoms. The number of carbonyl (C=O) groups excluding carboxylic acids is 1. The summed E-state index contributed by atoms with van der Waals surface area (Å²) in [6, 6.07) is 1.58. The molecule has 1 aliphatic carbocycles. The number of aliphatic hydroxyl groups is 1.